The molecular formula is C18H21NO2. The lowest BCUT2D eigenvalue weighted by Crippen LogP contribution is -2.20. The fraction of sp³-hybridized carbons (Fsp3) is 0.333. The van der Waals surface area contributed by atoms with Gasteiger partial charge in [-0.15, -0.1) is 0 Å². The Bertz CT molecular complexity index is 583. The molecule has 110 valence electrons. The van der Waals surface area contributed by atoms with Gasteiger partial charge in [0, 0.05) is 6.04 Å². The molecule has 2 aromatic rings. The van der Waals surface area contributed by atoms with Crippen molar-refractivity contribution in [2.75, 3.05) is 13.3 Å². The maximum Gasteiger partial charge on any atom is 0.231 e. The van der Waals surface area contributed by atoms with E-state index in [1.54, 1.807) is 0 Å². The van der Waals surface area contributed by atoms with Gasteiger partial charge in [0.2, 0.25) is 6.79 Å². The van der Waals surface area contributed by atoms with Gasteiger partial charge in [0.1, 0.15) is 0 Å². The molecule has 0 saturated carbocycles. The van der Waals surface area contributed by atoms with Crippen LogP contribution in [0.5, 0.6) is 11.5 Å². The molecule has 1 aliphatic rings. The monoisotopic (exact) mass is 283 g/mol. The molecule has 3 nitrogen and oxygen atoms in total. The van der Waals surface area contributed by atoms with Gasteiger partial charge in [-0.25, -0.2) is 0 Å². The average molecular weight is 283 g/mol. The topological polar surface area (TPSA) is 30.5 Å². The summed E-state index contributed by atoms with van der Waals surface area (Å²) in [5, 5.41) is 3.56. The third kappa shape index (κ3) is 3.56. The SMILES string of the molecule is CC(NCCCc1ccccc1)c1ccc2c(c1)OCO2. The van der Waals surface area contributed by atoms with Crippen molar-refractivity contribution in [3.05, 3.63) is 59.7 Å². The number of benzene rings is 2. The van der Waals surface area contributed by atoms with Gasteiger partial charge in [-0.3, -0.25) is 0 Å². The summed E-state index contributed by atoms with van der Waals surface area (Å²) in [6, 6.07) is 17.1. The average Bonchev–Trinajstić information content (AvgIpc) is 3.00. The van der Waals surface area contributed by atoms with E-state index in [9.17, 15) is 0 Å². The van der Waals surface area contributed by atoms with Crippen LogP contribution in [0.25, 0.3) is 0 Å². The van der Waals surface area contributed by atoms with Crippen LogP contribution in [0.2, 0.25) is 0 Å². The van der Waals surface area contributed by atoms with Crippen molar-refractivity contribution in [2.45, 2.75) is 25.8 Å². The van der Waals surface area contributed by atoms with E-state index in [1.165, 1.54) is 11.1 Å². The summed E-state index contributed by atoms with van der Waals surface area (Å²) in [6.07, 6.45) is 2.25. The Kier molecular flexibility index (Phi) is 4.41. The maximum absolute atomic E-state index is 5.42. The lowest BCUT2D eigenvalue weighted by molar-refractivity contribution is 0.174. The minimum Gasteiger partial charge on any atom is -0.454 e. The molecule has 0 bridgehead atoms. The zero-order valence-corrected chi connectivity index (χ0v) is 12.3. The second-order valence-corrected chi connectivity index (χ2v) is 5.38. The Labute approximate surface area is 125 Å². The first-order chi connectivity index (χ1) is 10.3. The van der Waals surface area contributed by atoms with Crippen molar-refractivity contribution < 1.29 is 9.47 Å². The van der Waals surface area contributed by atoms with Crippen LogP contribution in [0.1, 0.15) is 30.5 Å². The van der Waals surface area contributed by atoms with Crippen LogP contribution in [0.15, 0.2) is 48.5 Å². The largest absolute Gasteiger partial charge is 0.454 e. The highest BCUT2D eigenvalue weighted by Gasteiger charge is 2.15. The highest BCUT2D eigenvalue weighted by molar-refractivity contribution is 5.45. The van der Waals surface area contributed by atoms with E-state index in [0.29, 0.717) is 12.8 Å². The Morgan fingerprint density at radius 1 is 1.05 bits per heavy atom. The van der Waals surface area contributed by atoms with Gasteiger partial charge in [-0.1, -0.05) is 36.4 Å². The molecule has 2 aromatic carbocycles. The van der Waals surface area contributed by atoms with Gasteiger partial charge in [-0.05, 0) is 49.6 Å². The van der Waals surface area contributed by atoms with Crippen LogP contribution in [0.4, 0.5) is 0 Å². The summed E-state index contributed by atoms with van der Waals surface area (Å²) >= 11 is 0. The van der Waals surface area contributed by atoms with Crippen molar-refractivity contribution in [3.63, 3.8) is 0 Å². The first-order valence-electron chi connectivity index (χ1n) is 7.50. The number of hydrogen-bond acceptors (Lipinski definition) is 3. The van der Waals surface area contributed by atoms with E-state index in [0.717, 1.165) is 30.9 Å². The normalized spacial score (nSPS) is 14.1. The second-order valence-electron chi connectivity index (χ2n) is 5.38. The lowest BCUT2D eigenvalue weighted by atomic mass is 10.1. The van der Waals surface area contributed by atoms with Crippen molar-refractivity contribution in [3.8, 4) is 11.5 Å². The Morgan fingerprint density at radius 2 is 1.86 bits per heavy atom. The summed E-state index contributed by atoms with van der Waals surface area (Å²) in [6.45, 7) is 3.52. The van der Waals surface area contributed by atoms with Crippen molar-refractivity contribution in [2.24, 2.45) is 0 Å². The van der Waals surface area contributed by atoms with Crippen molar-refractivity contribution >= 4 is 0 Å². The molecule has 0 aromatic heterocycles. The lowest BCUT2D eigenvalue weighted by Gasteiger charge is -2.14. The Balaban J connectivity index is 1.47. The van der Waals surface area contributed by atoms with Crippen LogP contribution in [0, 0.1) is 0 Å². The van der Waals surface area contributed by atoms with Crippen molar-refractivity contribution in [1.29, 1.82) is 0 Å². The molecule has 1 heterocycles. The fourth-order valence-electron chi connectivity index (χ4n) is 2.56. The van der Waals surface area contributed by atoms with Crippen LogP contribution < -0.4 is 14.8 Å². The molecule has 3 heteroatoms. The molecule has 1 unspecified atom stereocenters. The quantitative estimate of drug-likeness (QED) is 0.820. The number of aryl methyl sites for hydroxylation is 1. The highest BCUT2D eigenvalue weighted by Crippen LogP contribution is 2.34. The molecule has 1 aliphatic heterocycles. The zero-order valence-electron chi connectivity index (χ0n) is 12.3. The minimum absolute atomic E-state index is 0.315. The third-order valence-electron chi connectivity index (χ3n) is 3.83. The molecule has 0 fully saturated rings. The molecule has 0 amide bonds. The van der Waals surface area contributed by atoms with E-state index in [2.05, 4.69) is 54.7 Å². The Hall–Kier alpha value is -2.00. The predicted molar refractivity (Wildman–Crippen MR) is 83.7 cm³/mol. The second kappa shape index (κ2) is 6.64. The number of rotatable bonds is 6. The van der Waals surface area contributed by atoms with Gasteiger partial charge >= 0.3 is 0 Å². The number of nitrogens with one attached hydrogen (secondary N) is 1. The summed E-state index contributed by atoms with van der Waals surface area (Å²) < 4.78 is 10.8. The van der Waals surface area contributed by atoms with Crippen LogP contribution in [0.3, 0.4) is 0 Å². The standard InChI is InChI=1S/C18H21NO2/c1-14(16-9-10-17-18(12-16)21-13-20-17)19-11-5-8-15-6-3-2-4-7-15/h2-4,6-7,9-10,12,14,19H,5,8,11,13H2,1H3. The molecule has 0 radical (unpaired) electrons. The van der Waals surface area contributed by atoms with E-state index in [1.807, 2.05) is 6.07 Å². The third-order valence-corrected chi connectivity index (χ3v) is 3.83. The van der Waals surface area contributed by atoms with Gasteiger partial charge in [0.15, 0.2) is 11.5 Å². The van der Waals surface area contributed by atoms with Crippen LogP contribution in [-0.4, -0.2) is 13.3 Å². The number of fused-ring (bicyclic) bond motifs is 1. The van der Waals surface area contributed by atoms with Gasteiger partial charge in [-0.2, -0.15) is 0 Å². The first-order valence-corrected chi connectivity index (χ1v) is 7.50. The molecule has 21 heavy (non-hydrogen) atoms. The molecule has 0 spiro atoms. The summed E-state index contributed by atoms with van der Waals surface area (Å²) in [5.74, 6) is 1.69. The zero-order chi connectivity index (χ0) is 14.5. The smallest absolute Gasteiger partial charge is 0.231 e. The van der Waals surface area contributed by atoms with E-state index in [4.69, 9.17) is 9.47 Å². The molecule has 0 aliphatic carbocycles. The Morgan fingerprint density at radius 3 is 2.71 bits per heavy atom. The maximum atomic E-state index is 5.42. The molecular weight excluding hydrogens is 262 g/mol. The molecule has 1 atom stereocenters. The summed E-state index contributed by atoms with van der Waals surface area (Å²) in [5.41, 5.74) is 2.63. The first kappa shape index (κ1) is 14.0. The van der Waals surface area contributed by atoms with Gasteiger partial charge in [0.05, 0.1) is 0 Å². The number of hydrogen-bond donors (Lipinski definition) is 1. The van der Waals surface area contributed by atoms with Crippen LogP contribution in [-0.2, 0) is 6.42 Å². The molecule has 1 N–H and O–H groups in total. The van der Waals surface area contributed by atoms with E-state index < -0.39 is 0 Å². The molecule has 0 saturated heterocycles. The van der Waals surface area contributed by atoms with Crippen LogP contribution >= 0.6 is 0 Å². The van der Waals surface area contributed by atoms with Gasteiger partial charge < -0.3 is 14.8 Å². The highest BCUT2D eigenvalue weighted by atomic mass is 16.7. The minimum atomic E-state index is 0.315. The summed E-state index contributed by atoms with van der Waals surface area (Å²) in [7, 11) is 0. The summed E-state index contributed by atoms with van der Waals surface area (Å²) in [4.78, 5) is 0. The van der Waals surface area contributed by atoms with E-state index >= 15 is 0 Å². The predicted octanol–water partition coefficient (Wildman–Crippen LogP) is 3.70. The number of ether oxygens (including phenoxy) is 2. The van der Waals surface area contributed by atoms with Gasteiger partial charge in [0.25, 0.3) is 0 Å². The van der Waals surface area contributed by atoms with E-state index in [-0.39, 0.29) is 0 Å². The van der Waals surface area contributed by atoms with Crippen molar-refractivity contribution in [1.82, 2.24) is 5.32 Å². The molecule has 3 rings (SSSR count). The fourth-order valence-corrected chi connectivity index (χ4v) is 2.56.